The summed E-state index contributed by atoms with van der Waals surface area (Å²) in [5, 5.41) is 0. The van der Waals surface area contributed by atoms with Crippen molar-refractivity contribution < 1.29 is 4.79 Å². The minimum absolute atomic E-state index is 0.0459. The van der Waals surface area contributed by atoms with Crippen LogP contribution < -0.4 is 5.73 Å². The van der Waals surface area contributed by atoms with Crippen LogP contribution in [0.15, 0.2) is 0 Å². The zero-order valence-corrected chi connectivity index (χ0v) is 12.1. The third-order valence-corrected chi connectivity index (χ3v) is 4.51. The van der Waals surface area contributed by atoms with Gasteiger partial charge in [0, 0.05) is 13.1 Å². The summed E-state index contributed by atoms with van der Waals surface area (Å²) in [6.45, 7) is 5.89. The van der Waals surface area contributed by atoms with Gasteiger partial charge in [0.2, 0.25) is 5.91 Å². The van der Waals surface area contributed by atoms with E-state index in [1.807, 2.05) is 11.9 Å². The Morgan fingerprint density at radius 3 is 2.18 bits per heavy atom. The van der Waals surface area contributed by atoms with Crippen molar-refractivity contribution in [2.45, 2.75) is 52.5 Å². The second-order valence-electron chi connectivity index (χ2n) is 5.82. The lowest BCUT2D eigenvalue weighted by molar-refractivity contribution is -0.138. The predicted octanol–water partition coefficient (Wildman–Crippen LogP) is 2.34. The number of carbonyl (C=O) groups excluding carboxylic acids is 1. The van der Waals surface area contributed by atoms with E-state index >= 15 is 0 Å². The lowest BCUT2D eigenvalue weighted by Crippen LogP contribution is -2.49. The number of nitrogens with two attached hydrogens (primary N) is 1. The fourth-order valence-corrected chi connectivity index (χ4v) is 2.43. The van der Waals surface area contributed by atoms with Gasteiger partial charge in [-0.15, -0.1) is 0 Å². The molecule has 0 aromatic carbocycles. The van der Waals surface area contributed by atoms with Gasteiger partial charge in [-0.1, -0.05) is 19.1 Å². The van der Waals surface area contributed by atoms with Crippen molar-refractivity contribution in [1.29, 1.82) is 0 Å². The van der Waals surface area contributed by atoms with Crippen molar-refractivity contribution >= 4 is 23.1 Å². The minimum atomic E-state index is -0.729. The summed E-state index contributed by atoms with van der Waals surface area (Å²) in [6, 6.07) is 0.354. The van der Waals surface area contributed by atoms with Crippen LogP contribution in [0.5, 0.6) is 0 Å². The van der Waals surface area contributed by atoms with Crippen LogP contribution in [0, 0.1) is 11.3 Å². The highest BCUT2D eigenvalue weighted by molar-refractivity contribution is 7.80. The fourth-order valence-electron chi connectivity index (χ4n) is 2.34. The van der Waals surface area contributed by atoms with E-state index in [2.05, 4.69) is 6.92 Å². The summed E-state index contributed by atoms with van der Waals surface area (Å²) in [7, 11) is 1.88. The zero-order chi connectivity index (χ0) is 13.2. The van der Waals surface area contributed by atoms with Crippen molar-refractivity contribution in [2.75, 3.05) is 7.05 Å². The van der Waals surface area contributed by atoms with Gasteiger partial charge in [0.1, 0.15) is 0 Å². The molecule has 3 nitrogen and oxygen atoms in total. The first-order chi connectivity index (χ1) is 7.76. The maximum Gasteiger partial charge on any atom is 0.235 e. The Morgan fingerprint density at radius 2 is 1.76 bits per heavy atom. The molecule has 0 spiro atoms. The molecule has 0 saturated heterocycles. The first-order valence-electron chi connectivity index (χ1n) is 6.34. The van der Waals surface area contributed by atoms with Gasteiger partial charge in [-0.3, -0.25) is 4.79 Å². The average Bonchev–Trinajstić information content (AvgIpc) is 2.27. The molecule has 0 heterocycles. The molecule has 1 rings (SSSR count). The summed E-state index contributed by atoms with van der Waals surface area (Å²) in [4.78, 5) is 14.5. The Bertz CT molecular complexity index is 307. The summed E-state index contributed by atoms with van der Waals surface area (Å²) >= 11 is 4.98. The first kappa shape index (κ1) is 14.4. The summed E-state index contributed by atoms with van der Waals surface area (Å²) in [6.07, 6.45) is 4.60. The van der Waals surface area contributed by atoms with Gasteiger partial charge in [0.05, 0.1) is 10.4 Å². The van der Waals surface area contributed by atoms with Crippen molar-refractivity contribution in [3.05, 3.63) is 0 Å². The van der Waals surface area contributed by atoms with E-state index < -0.39 is 5.41 Å². The minimum Gasteiger partial charge on any atom is -0.392 e. The van der Waals surface area contributed by atoms with Crippen molar-refractivity contribution in [3.8, 4) is 0 Å². The Kier molecular flexibility index (Phi) is 4.53. The van der Waals surface area contributed by atoms with E-state index in [1.165, 1.54) is 12.8 Å². The van der Waals surface area contributed by atoms with Gasteiger partial charge in [-0.05, 0) is 45.4 Å². The second-order valence-corrected chi connectivity index (χ2v) is 6.26. The second kappa shape index (κ2) is 5.34. The number of carbonyl (C=O) groups is 1. The molecule has 0 atom stereocenters. The molecule has 4 heteroatoms. The highest BCUT2D eigenvalue weighted by atomic mass is 32.1. The van der Waals surface area contributed by atoms with E-state index in [1.54, 1.807) is 13.8 Å². The molecule has 1 fully saturated rings. The topological polar surface area (TPSA) is 46.3 Å². The number of thiocarbonyl (C=S) groups is 1. The highest BCUT2D eigenvalue weighted by Gasteiger charge is 2.36. The lowest BCUT2D eigenvalue weighted by Gasteiger charge is -2.37. The Hall–Kier alpha value is -0.640. The normalized spacial score (nSPS) is 25.4. The number of hydrogen-bond acceptors (Lipinski definition) is 2. The van der Waals surface area contributed by atoms with E-state index in [-0.39, 0.29) is 10.9 Å². The van der Waals surface area contributed by atoms with Gasteiger partial charge < -0.3 is 10.6 Å². The predicted molar refractivity (Wildman–Crippen MR) is 74.8 cm³/mol. The molecule has 0 bridgehead atoms. The first-order valence-corrected chi connectivity index (χ1v) is 6.74. The molecule has 1 aliphatic rings. The van der Waals surface area contributed by atoms with Crippen LogP contribution in [0.4, 0.5) is 0 Å². The molecule has 0 aromatic heterocycles. The van der Waals surface area contributed by atoms with Crippen LogP contribution in [-0.2, 0) is 4.79 Å². The summed E-state index contributed by atoms with van der Waals surface area (Å²) < 4.78 is 0. The Balaban J connectivity index is 2.67. The Labute approximate surface area is 110 Å². The van der Waals surface area contributed by atoms with Gasteiger partial charge in [-0.25, -0.2) is 0 Å². The monoisotopic (exact) mass is 256 g/mol. The molecule has 98 valence electrons. The maximum atomic E-state index is 12.3. The van der Waals surface area contributed by atoms with Crippen LogP contribution in [0.1, 0.15) is 46.5 Å². The van der Waals surface area contributed by atoms with E-state index in [0.29, 0.717) is 6.04 Å². The number of rotatable bonds is 3. The van der Waals surface area contributed by atoms with Crippen LogP contribution in [0.3, 0.4) is 0 Å². The molecule has 1 aliphatic carbocycles. The third-order valence-electron chi connectivity index (χ3n) is 4.00. The van der Waals surface area contributed by atoms with Crippen molar-refractivity contribution in [2.24, 2.45) is 17.1 Å². The molecule has 1 saturated carbocycles. The smallest absolute Gasteiger partial charge is 0.235 e. The SMILES string of the molecule is CC1CCC(N(C)C(=O)C(C)(C)C(N)=S)CC1. The molecule has 0 unspecified atom stereocenters. The number of nitrogens with zero attached hydrogens (tertiary/aromatic N) is 1. The average molecular weight is 256 g/mol. The standard InChI is InChI=1S/C13H24N2OS/c1-9-5-7-10(8-6-9)15(4)12(16)13(2,3)11(14)17/h9-10H,5-8H2,1-4H3,(H2,14,17). The molecule has 17 heavy (non-hydrogen) atoms. The molecule has 0 radical (unpaired) electrons. The van der Waals surface area contributed by atoms with Crippen LogP contribution in [-0.4, -0.2) is 28.9 Å². The van der Waals surface area contributed by atoms with E-state index in [9.17, 15) is 4.79 Å². The van der Waals surface area contributed by atoms with Gasteiger partial charge in [0.25, 0.3) is 0 Å². The quantitative estimate of drug-likeness (QED) is 0.788. The molecule has 1 amide bonds. The maximum absolute atomic E-state index is 12.3. The van der Waals surface area contributed by atoms with Gasteiger partial charge in [0.15, 0.2) is 0 Å². The van der Waals surface area contributed by atoms with Crippen LogP contribution in [0.2, 0.25) is 0 Å². The van der Waals surface area contributed by atoms with Gasteiger partial charge in [-0.2, -0.15) is 0 Å². The Morgan fingerprint density at radius 1 is 1.29 bits per heavy atom. The number of amides is 1. The third kappa shape index (κ3) is 3.18. The van der Waals surface area contributed by atoms with Gasteiger partial charge >= 0.3 is 0 Å². The molecular formula is C13H24N2OS. The lowest BCUT2D eigenvalue weighted by atomic mass is 9.85. The van der Waals surface area contributed by atoms with Crippen LogP contribution >= 0.6 is 12.2 Å². The van der Waals surface area contributed by atoms with E-state index in [4.69, 9.17) is 18.0 Å². The summed E-state index contributed by atoms with van der Waals surface area (Å²) in [5.74, 6) is 0.836. The van der Waals surface area contributed by atoms with Crippen molar-refractivity contribution in [1.82, 2.24) is 4.90 Å². The molecule has 0 aliphatic heterocycles. The molecular weight excluding hydrogens is 232 g/mol. The van der Waals surface area contributed by atoms with Crippen molar-refractivity contribution in [3.63, 3.8) is 0 Å². The largest absolute Gasteiger partial charge is 0.392 e. The highest BCUT2D eigenvalue weighted by Crippen LogP contribution is 2.29. The molecule has 2 N–H and O–H groups in total. The summed E-state index contributed by atoms with van der Waals surface area (Å²) in [5.41, 5.74) is 4.92. The zero-order valence-electron chi connectivity index (χ0n) is 11.3. The van der Waals surface area contributed by atoms with Crippen LogP contribution in [0.25, 0.3) is 0 Å². The molecule has 0 aromatic rings. The number of hydrogen-bond donors (Lipinski definition) is 1. The van der Waals surface area contributed by atoms with E-state index in [0.717, 1.165) is 18.8 Å². The fraction of sp³-hybridized carbons (Fsp3) is 0.846.